The number of methoxy groups -OCH3 is 2. The molecule has 15 heteroatoms. The number of aromatic hydroxyl groups is 1. The van der Waals surface area contributed by atoms with Gasteiger partial charge in [0.25, 0.3) is 0 Å². The highest BCUT2D eigenvalue weighted by Gasteiger charge is 2.54. The first kappa shape index (κ1) is 35.7. The monoisotopic (exact) mass is 688 g/mol. The second-order valence-corrected chi connectivity index (χ2v) is 11.9. The van der Waals surface area contributed by atoms with Crippen molar-refractivity contribution in [3.63, 3.8) is 0 Å². The zero-order valence-corrected chi connectivity index (χ0v) is 27.9. The van der Waals surface area contributed by atoms with E-state index in [0.29, 0.717) is 19.0 Å². The van der Waals surface area contributed by atoms with Gasteiger partial charge in [-0.2, -0.15) is 0 Å². The maximum Gasteiger partial charge on any atom is 0.303 e. The Morgan fingerprint density at radius 2 is 1.22 bits per heavy atom. The third-order valence-electron chi connectivity index (χ3n) is 8.50. The maximum atomic E-state index is 12.2. The van der Waals surface area contributed by atoms with Crippen molar-refractivity contribution in [3.8, 4) is 23.0 Å². The lowest BCUT2D eigenvalue weighted by molar-refractivity contribution is -0.288. The average molecular weight is 689 g/mol. The predicted octanol–water partition coefficient (Wildman–Crippen LogP) is 2.95. The van der Waals surface area contributed by atoms with Gasteiger partial charge in [0.15, 0.2) is 35.2 Å². The first-order valence-electron chi connectivity index (χ1n) is 15.6. The fraction of sp³-hybridized carbons (Fsp3) is 0.529. The Labute approximate surface area is 282 Å². The number of hydrogen-bond acceptors (Lipinski definition) is 15. The van der Waals surface area contributed by atoms with E-state index < -0.39 is 61.2 Å². The molecule has 9 atom stereocenters. The van der Waals surface area contributed by atoms with E-state index in [1.807, 2.05) is 0 Å². The number of esters is 4. The van der Waals surface area contributed by atoms with E-state index in [4.69, 9.17) is 47.4 Å². The lowest BCUT2D eigenvalue weighted by atomic mass is 9.85. The second kappa shape index (κ2) is 15.3. The molecule has 0 aromatic heterocycles. The van der Waals surface area contributed by atoms with Crippen molar-refractivity contribution in [2.45, 2.75) is 70.6 Å². The van der Waals surface area contributed by atoms with E-state index in [1.165, 1.54) is 21.1 Å². The summed E-state index contributed by atoms with van der Waals surface area (Å²) in [4.78, 5) is 48.1. The van der Waals surface area contributed by atoms with Gasteiger partial charge in [0, 0.05) is 39.5 Å². The van der Waals surface area contributed by atoms with Crippen LogP contribution in [0.5, 0.6) is 23.0 Å². The molecule has 3 saturated heterocycles. The molecule has 15 nitrogen and oxygen atoms in total. The number of ether oxygens (including phenoxy) is 10. The molecule has 5 rings (SSSR count). The number of phenols is 1. The predicted molar refractivity (Wildman–Crippen MR) is 165 cm³/mol. The van der Waals surface area contributed by atoms with Gasteiger partial charge in [0.2, 0.25) is 12.4 Å². The van der Waals surface area contributed by atoms with Gasteiger partial charge < -0.3 is 52.5 Å². The number of benzene rings is 2. The third-order valence-corrected chi connectivity index (χ3v) is 8.50. The summed E-state index contributed by atoms with van der Waals surface area (Å²) >= 11 is 0. The van der Waals surface area contributed by atoms with Crippen LogP contribution < -0.4 is 14.2 Å². The molecule has 1 N–H and O–H groups in total. The molecule has 3 aliphatic rings. The van der Waals surface area contributed by atoms with Crippen LogP contribution in [-0.2, 0) is 52.3 Å². The van der Waals surface area contributed by atoms with Crippen LogP contribution in [0.1, 0.15) is 51.0 Å². The van der Waals surface area contributed by atoms with E-state index in [9.17, 15) is 24.3 Å². The highest BCUT2D eigenvalue weighted by atomic mass is 16.7. The highest BCUT2D eigenvalue weighted by Crippen LogP contribution is 2.51. The van der Waals surface area contributed by atoms with Crippen LogP contribution in [0, 0.1) is 11.8 Å². The SMILES string of the molecule is COc1cc([C@H]2OC[C@H]3[C@@H]2CO[C@H]3c2ccc(O[C@@H]3O[C@H](COC(C)=O)[C@@H](OC(C)=O)[C@H](OC(C)=O)[C@H]3OC(C)=O)c(OC)c2)ccc1O. The van der Waals surface area contributed by atoms with Gasteiger partial charge in [-0.1, -0.05) is 12.1 Å². The minimum Gasteiger partial charge on any atom is -0.504 e. The van der Waals surface area contributed by atoms with Crippen molar-refractivity contribution in [1.29, 1.82) is 0 Å². The van der Waals surface area contributed by atoms with Gasteiger partial charge in [-0.25, -0.2) is 0 Å². The zero-order valence-electron chi connectivity index (χ0n) is 27.9. The second-order valence-electron chi connectivity index (χ2n) is 11.9. The van der Waals surface area contributed by atoms with Gasteiger partial charge in [0.05, 0.1) is 39.6 Å². The summed E-state index contributed by atoms with van der Waals surface area (Å²) in [5, 5.41) is 10.0. The molecule has 3 fully saturated rings. The van der Waals surface area contributed by atoms with E-state index in [1.54, 1.807) is 36.4 Å². The van der Waals surface area contributed by atoms with Crippen LogP contribution in [0.2, 0.25) is 0 Å². The zero-order chi connectivity index (χ0) is 35.4. The first-order chi connectivity index (χ1) is 23.4. The van der Waals surface area contributed by atoms with Crippen molar-refractivity contribution in [3.05, 3.63) is 47.5 Å². The minimum absolute atomic E-state index is 0.0148. The van der Waals surface area contributed by atoms with Crippen LogP contribution in [0.3, 0.4) is 0 Å². The van der Waals surface area contributed by atoms with Crippen molar-refractivity contribution in [1.82, 2.24) is 0 Å². The fourth-order valence-electron chi connectivity index (χ4n) is 6.47. The quantitative estimate of drug-likeness (QED) is 0.269. The Morgan fingerprint density at radius 3 is 1.78 bits per heavy atom. The Morgan fingerprint density at radius 1 is 0.694 bits per heavy atom. The minimum atomic E-state index is -1.43. The molecule has 266 valence electrons. The van der Waals surface area contributed by atoms with E-state index in [0.717, 1.165) is 31.9 Å². The molecule has 2 aromatic rings. The maximum absolute atomic E-state index is 12.2. The van der Waals surface area contributed by atoms with Crippen molar-refractivity contribution in [2.75, 3.05) is 34.0 Å². The number of carbonyl (C=O) groups is 4. The molecule has 0 radical (unpaired) electrons. The summed E-state index contributed by atoms with van der Waals surface area (Å²) in [6, 6.07) is 10.3. The van der Waals surface area contributed by atoms with Gasteiger partial charge in [-0.15, -0.1) is 0 Å². The Bertz CT molecular complexity index is 1540. The highest BCUT2D eigenvalue weighted by molar-refractivity contribution is 5.68. The molecule has 0 aliphatic carbocycles. The average Bonchev–Trinajstić information content (AvgIpc) is 3.65. The lowest BCUT2D eigenvalue weighted by Gasteiger charge is -2.44. The van der Waals surface area contributed by atoms with Gasteiger partial charge >= 0.3 is 23.9 Å². The molecular formula is C34H40O15. The van der Waals surface area contributed by atoms with Crippen molar-refractivity contribution < 1.29 is 71.7 Å². The molecule has 0 saturated carbocycles. The summed E-state index contributed by atoms with van der Waals surface area (Å²) in [5.74, 6) is -1.96. The Balaban J connectivity index is 1.40. The smallest absolute Gasteiger partial charge is 0.303 e. The normalized spacial score (nSPS) is 28.9. The molecule has 49 heavy (non-hydrogen) atoms. The van der Waals surface area contributed by atoms with E-state index in [2.05, 4.69) is 0 Å². The van der Waals surface area contributed by atoms with Crippen molar-refractivity contribution >= 4 is 23.9 Å². The lowest BCUT2D eigenvalue weighted by Crippen LogP contribution is -2.63. The number of carbonyl (C=O) groups excluding carboxylic acids is 4. The molecule has 0 spiro atoms. The molecule has 2 aromatic carbocycles. The van der Waals surface area contributed by atoms with Gasteiger partial charge in [0.1, 0.15) is 12.7 Å². The van der Waals surface area contributed by atoms with E-state index in [-0.39, 0.29) is 41.3 Å². The standard InChI is InChI=1S/C34H40O15/c1-16(35)42-15-28-31(45-17(2)36)32(46-18(3)37)33(47-19(4)38)34(49-28)48-25-10-8-21(12-27(25)41-6)30-23-14-43-29(22(23)13-44-30)20-7-9-24(39)26(11-20)40-5/h7-12,22-23,28-34,39H,13-15H2,1-6H3/t22-,23-,28+,29+,30-,31+,32-,33+,34+/m0/s1. The largest absolute Gasteiger partial charge is 0.504 e. The first-order valence-corrected chi connectivity index (χ1v) is 15.6. The topological polar surface area (TPSA) is 181 Å². The summed E-state index contributed by atoms with van der Waals surface area (Å²) in [6.45, 7) is 5.10. The number of rotatable bonds is 11. The number of fused-ring (bicyclic) bond motifs is 1. The molecule has 3 heterocycles. The fourth-order valence-corrected chi connectivity index (χ4v) is 6.47. The molecule has 0 bridgehead atoms. The number of hydrogen-bond donors (Lipinski definition) is 1. The van der Waals surface area contributed by atoms with Crippen LogP contribution in [0.4, 0.5) is 0 Å². The van der Waals surface area contributed by atoms with Gasteiger partial charge in [-0.05, 0) is 35.4 Å². The summed E-state index contributed by atoms with van der Waals surface area (Å²) < 4.78 is 57.3. The summed E-state index contributed by atoms with van der Waals surface area (Å²) in [5.41, 5.74) is 1.67. The number of phenolic OH excluding ortho intramolecular Hbond substituents is 1. The van der Waals surface area contributed by atoms with Crippen LogP contribution in [-0.4, -0.2) is 93.7 Å². The summed E-state index contributed by atoms with van der Waals surface area (Å²) in [7, 11) is 2.94. The molecule has 0 unspecified atom stereocenters. The van der Waals surface area contributed by atoms with Crippen LogP contribution in [0.25, 0.3) is 0 Å². The van der Waals surface area contributed by atoms with Crippen LogP contribution >= 0.6 is 0 Å². The molecule has 3 aliphatic heterocycles. The third kappa shape index (κ3) is 8.00. The van der Waals surface area contributed by atoms with Gasteiger partial charge in [-0.3, -0.25) is 19.2 Å². The van der Waals surface area contributed by atoms with Crippen LogP contribution in [0.15, 0.2) is 36.4 Å². The molecule has 0 amide bonds. The molecular weight excluding hydrogens is 648 g/mol. The van der Waals surface area contributed by atoms with E-state index >= 15 is 0 Å². The van der Waals surface area contributed by atoms with Crippen molar-refractivity contribution in [2.24, 2.45) is 11.8 Å². The Kier molecular flexibility index (Phi) is 11.2. The summed E-state index contributed by atoms with van der Waals surface area (Å²) in [6.07, 6.45) is -7.30. The Hall–Kier alpha value is -4.60.